The van der Waals surface area contributed by atoms with Crippen molar-refractivity contribution in [2.45, 2.75) is 6.92 Å². The normalized spacial score (nSPS) is 10.8. The Morgan fingerprint density at radius 1 is 0.680 bits per heavy atom. The number of rotatable bonds is 3. The molecule has 0 amide bonds. The minimum atomic E-state index is 1.20. The number of para-hydroxylation sites is 1. The predicted molar refractivity (Wildman–Crippen MR) is 109 cm³/mol. The quantitative estimate of drug-likeness (QED) is 0.411. The molecule has 122 valence electrons. The number of fused-ring (bicyclic) bond motifs is 1. The molecule has 0 saturated heterocycles. The Morgan fingerprint density at radius 3 is 2.16 bits per heavy atom. The van der Waals surface area contributed by atoms with Crippen LogP contribution in [0, 0.1) is 6.92 Å². The van der Waals surface area contributed by atoms with Crippen molar-refractivity contribution < 1.29 is 0 Å². The fourth-order valence-corrected chi connectivity index (χ4v) is 3.42. The Labute approximate surface area is 149 Å². The van der Waals surface area contributed by atoms with Crippen molar-refractivity contribution in [2.75, 3.05) is 11.9 Å². The molecule has 4 aromatic rings. The highest BCUT2D eigenvalue weighted by Gasteiger charge is 2.11. The summed E-state index contributed by atoms with van der Waals surface area (Å²) >= 11 is 0. The molecule has 0 aromatic heterocycles. The molecule has 0 fully saturated rings. The highest BCUT2D eigenvalue weighted by molar-refractivity contribution is 5.99. The van der Waals surface area contributed by atoms with Gasteiger partial charge >= 0.3 is 0 Å². The van der Waals surface area contributed by atoms with Crippen LogP contribution < -0.4 is 4.90 Å². The van der Waals surface area contributed by atoms with E-state index in [1.54, 1.807) is 0 Å². The maximum absolute atomic E-state index is 2.30. The first-order valence-corrected chi connectivity index (χ1v) is 8.61. The largest absolute Gasteiger partial charge is 0.344 e. The number of aryl methyl sites for hydroxylation is 1. The van der Waals surface area contributed by atoms with Gasteiger partial charge in [0.1, 0.15) is 0 Å². The van der Waals surface area contributed by atoms with Crippen LogP contribution >= 0.6 is 0 Å². The molecular formula is C24H21N. The number of benzene rings is 4. The molecule has 1 nitrogen and oxygen atoms in total. The molecule has 0 radical (unpaired) electrons. The zero-order chi connectivity index (χ0) is 17.2. The highest BCUT2D eigenvalue weighted by Crippen LogP contribution is 2.36. The van der Waals surface area contributed by atoms with Gasteiger partial charge < -0.3 is 4.90 Å². The standard InChI is InChI=1S/C24H21N/c1-18-10-6-9-15-24(18)25(2)21-16-20-13-7-8-14-22(20)23(17-21)19-11-4-3-5-12-19/h3-17H,1-2H3. The second-order valence-electron chi connectivity index (χ2n) is 6.43. The average Bonchev–Trinajstić information content (AvgIpc) is 2.67. The first-order valence-electron chi connectivity index (χ1n) is 8.61. The lowest BCUT2D eigenvalue weighted by Gasteiger charge is -2.23. The summed E-state index contributed by atoms with van der Waals surface area (Å²) < 4.78 is 0. The second kappa shape index (κ2) is 6.45. The molecule has 0 saturated carbocycles. The molecule has 4 aromatic carbocycles. The van der Waals surface area contributed by atoms with Gasteiger partial charge in [0.05, 0.1) is 0 Å². The molecule has 0 aliphatic rings. The van der Waals surface area contributed by atoms with E-state index in [2.05, 4.69) is 110 Å². The van der Waals surface area contributed by atoms with Crippen molar-refractivity contribution in [3.63, 3.8) is 0 Å². The maximum Gasteiger partial charge on any atom is 0.0437 e. The molecule has 0 N–H and O–H groups in total. The zero-order valence-corrected chi connectivity index (χ0v) is 14.6. The number of anilines is 2. The van der Waals surface area contributed by atoms with Crippen molar-refractivity contribution in [1.82, 2.24) is 0 Å². The average molecular weight is 323 g/mol. The fraction of sp³-hybridized carbons (Fsp3) is 0.0833. The Morgan fingerprint density at radius 2 is 1.36 bits per heavy atom. The molecule has 0 aliphatic carbocycles. The van der Waals surface area contributed by atoms with Gasteiger partial charge in [0.2, 0.25) is 0 Å². The Hall–Kier alpha value is -3.06. The lowest BCUT2D eigenvalue weighted by molar-refractivity contribution is 1.19. The summed E-state index contributed by atoms with van der Waals surface area (Å²) in [5, 5.41) is 2.55. The molecule has 0 unspecified atom stereocenters. The maximum atomic E-state index is 2.30. The van der Waals surface area contributed by atoms with Gasteiger partial charge in [0, 0.05) is 18.4 Å². The molecule has 0 aliphatic heterocycles. The molecule has 0 atom stereocenters. The van der Waals surface area contributed by atoms with E-state index < -0.39 is 0 Å². The summed E-state index contributed by atoms with van der Waals surface area (Å²) in [5.74, 6) is 0. The van der Waals surface area contributed by atoms with Gasteiger partial charge in [0.25, 0.3) is 0 Å². The number of nitrogens with zero attached hydrogens (tertiary/aromatic N) is 1. The third-order valence-electron chi connectivity index (χ3n) is 4.80. The summed E-state index contributed by atoms with van der Waals surface area (Å²) in [5.41, 5.74) is 6.23. The van der Waals surface area contributed by atoms with Crippen LogP contribution in [0.15, 0.2) is 91.0 Å². The van der Waals surface area contributed by atoms with Crippen LogP contribution in [0.3, 0.4) is 0 Å². The van der Waals surface area contributed by atoms with E-state index in [0.717, 1.165) is 0 Å². The minimum absolute atomic E-state index is 1.20. The van der Waals surface area contributed by atoms with Crippen LogP contribution in [-0.4, -0.2) is 7.05 Å². The van der Waals surface area contributed by atoms with Gasteiger partial charge in [-0.05, 0) is 52.6 Å². The Balaban J connectivity index is 1.93. The zero-order valence-electron chi connectivity index (χ0n) is 14.6. The van der Waals surface area contributed by atoms with E-state index >= 15 is 0 Å². The van der Waals surface area contributed by atoms with Gasteiger partial charge in [-0.1, -0.05) is 72.8 Å². The van der Waals surface area contributed by atoms with Gasteiger partial charge in [-0.3, -0.25) is 0 Å². The van der Waals surface area contributed by atoms with Crippen molar-refractivity contribution in [3.05, 3.63) is 96.6 Å². The van der Waals surface area contributed by atoms with Crippen LogP contribution in [0.25, 0.3) is 21.9 Å². The molecule has 4 rings (SSSR count). The number of hydrogen-bond donors (Lipinski definition) is 0. The van der Waals surface area contributed by atoms with Crippen molar-refractivity contribution in [1.29, 1.82) is 0 Å². The van der Waals surface area contributed by atoms with E-state index in [-0.39, 0.29) is 0 Å². The van der Waals surface area contributed by atoms with Crippen LogP contribution in [0.4, 0.5) is 11.4 Å². The fourth-order valence-electron chi connectivity index (χ4n) is 3.42. The van der Waals surface area contributed by atoms with Crippen molar-refractivity contribution in [2.24, 2.45) is 0 Å². The van der Waals surface area contributed by atoms with Crippen molar-refractivity contribution >= 4 is 22.1 Å². The van der Waals surface area contributed by atoms with Gasteiger partial charge in [-0.25, -0.2) is 0 Å². The molecule has 1 heteroatoms. The lowest BCUT2D eigenvalue weighted by atomic mass is 9.97. The monoisotopic (exact) mass is 323 g/mol. The van der Waals surface area contributed by atoms with E-state index in [0.29, 0.717) is 0 Å². The highest BCUT2D eigenvalue weighted by atomic mass is 15.1. The van der Waals surface area contributed by atoms with E-state index in [1.165, 1.54) is 38.8 Å². The van der Waals surface area contributed by atoms with Gasteiger partial charge in [0.15, 0.2) is 0 Å². The van der Waals surface area contributed by atoms with Crippen LogP contribution in [0.5, 0.6) is 0 Å². The number of hydrogen-bond acceptors (Lipinski definition) is 1. The summed E-state index contributed by atoms with van der Waals surface area (Å²) in [6.07, 6.45) is 0. The molecule has 25 heavy (non-hydrogen) atoms. The van der Waals surface area contributed by atoms with Crippen LogP contribution in [0.1, 0.15) is 5.56 Å². The predicted octanol–water partition coefficient (Wildman–Crippen LogP) is 6.58. The van der Waals surface area contributed by atoms with Crippen LogP contribution in [-0.2, 0) is 0 Å². The Kier molecular flexibility index (Phi) is 3.99. The molecule has 0 spiro atoms. The lowest BCUT2D eigenvalue weighted by Crippen LogP contribution is -2.10. The molecule has 0 heterocycles. The first-order chi connectivity index (χ1) is 12.2. The van der Waals surface area contributed by atoms with E-state index in [4.69, 9.17) is 0 Å². The Bertz CT molecular complexity index is 1020. The third kappa shape index (κ3) is 2.89. The summed E-state index contributed by atoms with van der Waals surface area (Å²) in [4.78, 5) is 2.27. The van der Waals surface area contributed by atoms with E-state index in [1.807, 2.05) is 0 Å². The van der Waals surface area contributed by atoms with Crippen molar-refractivity contribution in [3.8, 4) is 11.1 Å². The minimum Gasteiger partial charge on any atom is -0.344 e. The van der Waals surface area contributed by atoms with Gasteiger partial charge in [-0.15, -0.1) is 0 Å². The van der Waals surface area contributed by atoms with Gasteiger partial charge in [-0.2, -0.15) is 0 Å². The molecular weight excluding hydrogens is 302 g/mol. The molecule has 0 bridgehead atoms. The summed E-state index contributed by atoms with van der Waals surface area (Å²) in [6, 6.07) is 32.3. The summed E-state index contributed by atoms with van der Waals surface area (Å²) in [6.45, 7) is 2.16. The first kappa shape index (κ1) is 15.5. The smallest absolute Gasteiger partial charge is 0.0437 e. The second-order valence-corrected chi connectivity index (χ2v) is 6.43. The SMILES string of the molecule is Cc1ccccc1N(C)c1cc(-c2ccccc2)c2ccccc2c1. The third-order valence-corrected chi connectivity index (χ3v) is 4.80. The van der Waals surface area contributed by atoms with Crippen LogP contribution in [0.2, 0.25) is 0 Å². The summed E-state index contributed by atoms with van der Waals surface area (Å²) in [7, 11) is 2.14. The topological polar surface area (TPSA) is 3.24 Å². The van der Waals surface area contributed by atoms with E-state index in [9.17, 15) is 0 Å².